The average molecular weight is 213 g/mol. The summed E-state index contributed by atoms with van der Waals surface area (Å²) in [5.41, 5.74) is 0. The second-order valence-electron chi connectivity index (χ2n) is 3.94. The highest BCUT2D eigenvalue weighted by Gasteiger charge is 2.30. The third-order valence-electron chi connectivity index (χ3n) is 2.60. The molecule has 1 rings (SSSR count). The zero-order valence-corrected chi connectivity index (χ0v) is 9.49. The fourth-order valence-electron chi connectivity index (χ4n) is 1.97. The third-order valence-corrected chi connectivity index (χ3v) is 2.60. The Kier molecular flexibility index (Phi) is 4.75. The maximum atomic E-state index is 11.6. The lowest BCUT2D eigenvalue weighted by Gasteiger charge is -2.32. The van der Waals surface area contributed by atoms with Gasteiger partial charge in [-0.1, -0.05) is 6.42 Å². The van der Waals surface area contributed by atoms with Crippen molar-refractivity contribution in [2.75, 3.05) is 19.7 Å². The zero-order chi connectivity index (χ0) is 11.3. The molecule has 1 aliphatic rings. The molecule has 1 atom stereocenters. The highest BCUT2D eigenvalue weighted by Crippen LogP contribution is 2.17. The highest BCUT2D eigenvalue weighted by atomic mass is 16.5. The molecule has 1 unspecified atom stereocenters. The molecule has 0 amide bonds. The minimum Gasteiger partial charge on any atom is -0.465 e. The molecule has 86 valence electrons. The summed E-state index contributed by atoms with van der Waals surface area (Å²) in [6.07, 6.45) is 2.91. The molecule has 0 bridgehead atoms. The van der Waals surface area contributed by atoms with Crippen LogP contribution < -0.4 is 0 Å². The summed E-state index contributed by atoms with van der Waals surface area (Å²) < 4.78 is 5.00. The quantitative estimate of drug-likeness (QED) is 0.653. The van der Waals surface area contributed by atoms with Crippen LogP contribution in [0.3, 0.4) is 0 Å². The lowest BCUT2D eigenvalue weighted by atomic mass is 10.0. The van der Waals surface area contributed by atoms with E-state index in [0.29, 0.717) is 13.2 Å². The summed E-state index contributed by atoms with van der Waals surface area (Å²) in [4.78, 5) is 24.6. The van der Waals surface area contributed by atoms with Crippen LogP contribution in [0.25, 0.3) is 0 Å². The number of rotatable bonds is 4. The minimum absolute atomic E-state index is 0.103. The molecule has 0 N–H and O–H groups in total. The highest BCUT2D eigenvalue weighted by molar-refractivity contribution is 5.80. The van der Waals surface area contributed by atoms with Crippen LogP contribution >= 0.6 is 0 Å². The van der Waals surface area contributed by atoms with Crippen LogP contribution in [-0.4, -0.2) is 42.4 Å². The molecule has 0 radical (unpaired) electrons. The Morgan fingerprint density at radius 3 is 2.73 bits per heavy atom. The Morgan fingerprint density at radius 1 is 1.40 bits per heavy atom. The van der Waals surface area contributed by atoms with Crippen molar-refractivity contribution in [2.45, 2.75) is 39.2 Å². The summed E-state index contributed by atoms with van der Waals surface area (Å²) >= 11 is 0. The van der Waals surface area contributed by atoms with E-state index < -0.39 is 0 Å². The van der Waals surface area contributed by atoms with Gasteiger partial charge in [0.15, 0.2) is 0 Å². The number of esters is 1. The number of piperidine rings is 1. The average Bonchev–Trinajstić information content (AvgIpc) is 2.18. The van der Waals surface area contributed by atoms with E-state index >= 15 is 0 Å². The van der Waals surface area contributed by atoms with Crippen molar-refractivity contribution < 1.29 is 14.3 Å². The van der Waals surface area contributed by atoms with Crippen LogP contribution in [0.2, 0.25) is 0 Å². The standard InChI is InChI=1S/C11H19NO3/c1-3-15-11(14)10-6-4-5-7-12(10)8-9(2)13/h10H,3-8H2,1-2H3. The number of nitrogens with zero attached hydrogens (tertiary/aromatic N) is 1. The van der Waals surface area contributed by atoms with Crippen molar-refractivity contribution >= 4 is 11.8 Å². The predicted molar refractivity (Wildman–Crippen MR) is 56.5 cm³/mol. The molecule has 0 spiro atoms. The van der Waals surface area contributed by atoms with Crippen molar-refractivity contribution in [3.05, 3.63) is 0 Å². The van der Waals surface area contributed by atoms with Crippen LogP contribution in [-0.2, 0) is 14.3 Å². The third kappa shape index (κ3) is 3.63. The molecule has 1 heterocycles. The monoisotopic (exact) mass is 213 g/mol. The molecule has 0 aliphatic carbocycles. The first-order chi connectivity index (χ1) is 7.15. The molecule has 1 fully saturated rings. The van der Waals surface area contributed by atoms with E-state index in [1.165, 1.54) is 0 Å². The van der Waals surface area contributed by atoms with Gasteiger partial charge in [0.2, 0.25) is 0 Å². The Morgan fingerprint density at radius 2 is 2.13 bits per heavy atom. The molecule has 0 saturated carbocycles. The number of hydrogen-bond donors (Lipinski definition) is 0. The SMILES string of the molecule is CCOC(=O)C1CCCCN1CC(C)=O. The van der Waals surface area contributed by atoms with Crippen molar-refractivity contribution in [1.29, 1.82) is 0 Å². The molecule has 0 aromatic carbocycles. The van der Waals surface area contributed by atoms with Gasteiger partial charge >= 0.3 is 5.97 Å². The molecule has 1 saturated heterocycles. The van der Waals surface area contributed by atoms with Gasteiger partial charge in [-0.3, -0.25) is 14.5 Å². The van der Waals surface area contributed by atoms with Crippen molar-refractivity contribution in [1.82, 2.24) is 4.90 Å². The van der Waals surface area contributed by atoms with E-state index in [1.54, 1.807) is 13.8 Å². The maximum absolute atomic E-state index is 11.6. The van der Waals surface area contributed by atoms with E-state index in [4.69, 9.17) is 4.74 Å². The first-order valence-corrected chi connectivity index (χ1v) is 5.55. The number of ether oxygens (including phenoxy) is 1. The summed E-state index contributed by atoms with van der Waals surface area (Å²) in [7, 11) is 0. The van der Waals surface area contributed by atoms with Gasteiger partial charge in [-0.05, 0) is 33.2 Å². The second kappa shape index (κ2) is 5.85. The van der Waals surface area contributed by atoms with Gasteiger partial charge in [0.25, 0.3) is 0 Å². The van der Waals surface area contributed by atoms with Crippen molar-refractivity contribution in [2.24, 2.45) is 0 Å². The fourth-order valence-corrected chi connectivity index (χ4v) is 1.97. The number of Topliss-reactive ketones (excluding diaryl/α,β-unsaturated/α-hetero) is 1. The van der Waals surface area contributed by atoms with E-state index in [0.717, 1.165) is 25.8 Å². The first-order valence-electron chi connectivity index (χ1n) is 5.55. The van der Waals surface area contributed by atoms with Crippen molar-refractivity contribution in [3.63, 3.8) is 0 Å². The Bertz CT molecular complexity index is 240. The van der Waals surface area contributed by atoms with Gasteiger partial charge in [0.1, 0.15) is 11.8 Å². The van der Waals surface area contributed by atoms with E-state index in [1.807, 2.05) is 4.90 Å². The van der Waals surface area contributed by atoms with Crippen LogP contribution in [0.5, 0.6) is 0 Å². The number of carbonyl (C=O) groups is 2. The molecule has 1 aliphatic heterocycles. The Labute approximate surface area is 90.6 Å². The first kappa shape index (κ1) is 12.2. The lowest BCUT2D eigenvalue weighted by Crippen LogP contribution is -2.47. The van der Waals surface area contributed by atoms with Gasteiger partial charge < -0.3 is 4.74 Å². The largest absolute Gasteiger partial charge is 0.465 e. The van der Waals surface area contributed by atoms with E-state index in [9.17, 15) is 9.59 Å². The smallest absolute Gasteiger partial charge is 0.323 e. The van der Waals surface area contributed by atoms with Crippen LogP contribution in [0.15, 0.2) is 0 Å². The minimum atomic E-state index is -0.206. The number of likely N-dealkylation sites (tertiary alicyclic amines) is 1. The number of hydrogen-bond acceptors (Lipinski definition) is 4. The van der Waals surface area contributed by atoms with Gasteiger partial charge in [-0.15, -0.1) is 0 Å². The zero-order valence-electron chi connectivity index (χ0n) is 9.49. The van der Waals surface area contributed by atoms with E-state index in [2.05, 4.69) is 0 Å². The Hall–Kier alpha value is -0.900. The molecular formula is C11H19NO3. The fraction of sp³-hybridized carbons (Fsp3) is 0.818. The lowest BCUT2D eigenvalue weighted by molar-refractivity contribution is -0.151. The van der Waals surface area contributed by atoms with Gasteiger partial charge in [-0.2, -0.15) is 0 Å². The molecule has 4 heteroatoms. The van der Waals surface area contributed by atoms with Gasteiger partial charge in [-0.25, -0.2) is 0 Å². The summed E-state index contributed by atoms with van der Waals surface area (Å²) in [6.45, 7) is 4.95. The van der Waals surface area contributed by atoms with Crippen molar-refractivity contribution in [3.8, 4) is 0 Å². The maximum Gasteiger partial charge on any atom is 0.323 e. The summed E-state index contributed by atoms with van der Waals surface area (Å²) in [5, 5.41) is 0. The van der Waals surface area contributed by atoms with Gasteiger partial charge in [0, 0.05) is 0 Å². The van der Waals surface area contributed by atoms with Crippen LogP contribution in [0, 0.1) is 0 Å². The molecular weight excluding hydrogens is 194 g/mol. The number of ketones is 1. The molecule has 15 heavy (non-hydrogen) atoms. The molecule has 0 aromatic heterocycles. The Balaban J connectivity index is 2.56. The predicted octanol–water partition coefficient (Wildman–Crippen LogP) is 0.993. The van der Waals surface area contributed by atoms with Gasteiger partial charge in [0.05, 0.1) is 13.2 Å². The normalized spacial score (nSPS) is 22.4. The molecule has 4 nitrogen and oxygen atoms in total. The summed E-state index contributed by atoms with van der Waals surface area (Å²) in [6, 6.07) is -0.206. The number of carbonyl (C=O) groups excluding carboxylic acids is 2. The molecule has 0 aromatic rings. The topological polar surface area (TPSA) is 46.6 Å². The summed E-state index contributed by atoms with van der Waals surface area (Å²) in [5.74, 6) is -0.0790. The second-order valence-corrected chi connectivity index (χ2v) is 3.94. The van der Waals surface area contributed by atoms with Crippen LogP contribution in [0.4, 0.5) is 0 Å². The van der Waals surface area contributed by atoms with E-state index in [-0.39, 0.29) is 17.8 Å². The van der Waals surface area contributed by atoms with Crippen LogP contribution in [0.1, 0.15) is 33.1 Å².